The molecule has 5 nitrogen and oxygen atoms in total. The van der Waals surface area contributed by atoms with Crippen molar-refractivity contribution in [2.45, 2.75) is 33.8 Å². The van der Waals surface area contributed by atoms with E-state index in [9.17, 15) is 9.59 Å². The molecule has 0 heterocycles. The molecule has 0 bridgehead atoms. The second kappa shape index (κ2) is 9.55. The van der Waals surface area contributed by atoms with Gasteiger partial charge in [-0.05, 0) is 78.2 Å². The van der Waals surface area contributed by atoms with Crippen molar-refractivity contribution in [1.29, 1.82) is 0 Å². The maximum Gasteiger partial charge on any atom is 0.343 e. The second-order valence-corrected chi connectivity index (χ2v) is 7.57. The summed E-state index contributed by atoms with van der Waals surface area (Å²) in [5.41, 5.74) is 0.792. The quantitative estimate of drug-likeness (QED) is 0.438. The van der Waals surface area contributed by atoms with Gasteiger partial charge in [0.2, 0.25) is 0 Å². The van der Waals surface area contributed by atoms with Gasteiger partial charge in [-0.1, -0.05) is 13.8 Å². The lowest BCUT2D eigenvalue weighted by Crippen LogP contribution is -2.12. The molecule has 0 aromatic heterocycles. The Morgan fingerprint density at radius 1 is 0.926 bits per heavy atom. The fraction of sp³-hybridized carbons (Fsp3) is 0.333. The Balaban J connectivity index is 2.02. The van der Waals surface area contributed by atoms with E-state index in [1.54, 1.807) is 56.3 Å². The van der Waals surface area contributed by atoms with Crippen LogP contribution in [0.15, 0.2) is 46.9 Å². The fourth-order valence-electron chi connectivity index (χ4n) is 2.11. The highest BCUT2D eigenvalue weighted by atomic mass is 79.9. The molecule has 0 atom stereocenters. The predicted molar refractivity (Wildman–Crippen MR) is 106 cm³/mol. The van der Waals surface area contributed by atoms with Gasteiger partial charge in [0.25, 0.3) is 0 Å². The molecule has 0 fully saturated rings. The largest absolute Gasteiger partial charge is 0.492 e. The summed E-state index contributed by atoms with van der Waals surface area (Å²) in [7, 11) is 0. The minimum absolute atomic E-state index is 0.194. The summed E-state index contributed by atoms with van der Waals surface area (Å²) in [6.07, 6.45) is -0.194. The Morgan fingerprint density at radius 3 is 2.11 bits per heavy atom. The molecule has 0 aliphatic rings. The summed E-state index contributed by atoms with van der Waals surface area (Å²) in [5, 5.41) is 0. The van der Waals surface area contributed by atoms with Crippen molar-refractivity contribution in [1.82, 2.24) is 0 Å². The minimum Gasteiger partial charge on any atom is -0.492 e. The molecule has 0 aliphatic heterocycles. The first-order chi connectivity index (χ1) is 12.8. The van der Waals surface area contributed by atoms with E-state index < -0.39 is 11.9 Å². The van der Waals surface area contributed by atoms with Gasteiger partial charge in [-0.2, -0.15) is 0 Å². The van der Waals surface area contributed by atoms with Crippen LogP contribution in [-0.4, -0.2) is 24.6 Å². The lowest BCUT2D eigenvalue weighted by Gasteiger charge is -2.11. The van der Waals surface area contributed by atoms with E-state index in [2.05, 4.69) is 29.8 Å². The maximum absolute atomic E-state index is 12.3. The van der Waals surface area contributed by atoms with Crippen LogP contribution in [0.3, 0.4) is 0 Å². The maximum atomic E-state index is 12.3. The summed E-state index contributed by atoms with van der Waals surface area (Å²) in [6, 6.07) is 11.3. The van der Waals surface area contributed by atoms with Gasteiger partial charge in [-0.25, -0.2) is 9.59 Å². The number of halogens is 1. The third kappa shape index (κ3) is 6.40. The summed E-state index contributed by atoms with van der Waals surface area (Å²) in [4.78, 5) is 24.2. The molecule has 0 unspecified atom stereocenters. The first-order valence-corrected chi connectivity index (χ1v) is 9.51. The first kappa shape index (κ1) is 21.0. The van der Waals surface area contributed by atoms with Gasteiger partial charge in [0, 0.05) is 0 Å². The summed E-state index contributed by atoms with van der Waals surface area (Å²) < 4.78 is 16.8. The van der Waals surface area contributed by atoms with Crippen LogP contribution < -0.4 is 9.47 Å². The van der Waals surface area contributed by atoms with Crippen molar-refractivity contribution in [3.8, 4) is 11.5 Å². The van der Waals surface area contributed by atoms with Gasteiger partial charge >= 0.3 is 11.9 Å². The summed E-state index contributed by atoms with van der Waals surface area (Å²) in [6.45, 7) is 8.28. The third-order valence-corrected chi connectivity index (χ3v) is 4.00. The van der Waals surface area contributed by atoms with Gasteiger partial charge in [-0.3, -0.25) is 0 Å². The van der Waals surface area contributed by atoms with Crippen LogP contribution in [-0.2, 0) is 4.74 Å². The Kier molecular flexibility index (Phi) is 7.42. The lowest BCUT2D eigenvalue weighted by molar-refractivity contribution is 0.0378. The van der Waals surface area contributed by atoms with E-state index in [0.29, 0.717) is 39.6 Å². The highest BCUT2D eigenvalue weighted by molar-refractivity contribution is 9.10. The Bertz CT molecular complexity index is 797. The van der Waals surface area contributed by atoms with Crippen molar-refractivity contribution in [3.05, 3.63) is 58.1 Å². The third-order valence-electron chi connectivity index (χ3n) is 3.38. The zero-order chi connectivity index (χ0) is 20.0. The number of esters is 2. The average Bonchev–Trinajstić information content (AvgIpc) is 2.60. The molecule has 2 aromatic rings. The Labute approximate surface area is 167 Å². The van der Waals surface area contributed by atoms with Crippen molar-refractivity contribution >= 4 is 27.9 Å². The first-order valence-electron chi connectivity index (χ1n) is 8.72. The average molecular weight is 435 g/mol. The number of carbonyl (C=O) groups excluding carboxylic acids is 2. The Hall–Kier alpha value is -2.34. The Morgan fingerprint density at radius 2 is 1.56 bits per heavy atom. The molecule has 0 saturated carbocycles. The molecular formula is C21H23BrO5. The van der Waals surface area contributed by atoms with Crippen molar-refractivity contribution < 1.29 is 23.8 Å². The SMILES string of the molecule is CC(C)COc1ccc(C(=O)Oc2ccc(C(=O)OC(C)C)cc2)cc1Br. The second-order valence-electron chi connectivity index (χ2n) is 6.72. The zero-order valence-corrected chi connectivity index (χ0v) is 17.4. The van der Waals surface area contributed by atoms with Gasteiger partial charge in [0.05, 0.1) is 28.3 Å². The summed E-state index contributed by atoms with van der Waals surface area (Å²) in [5.74, 6) is 0.514. The van der Waals surface area contributed by atoms with E-state index in [1.807, 2.05) is 0 Å². The molecule has 0 aliphatic carbocycles. The lowest BCUT2D eigenvalue weighted by atomic mass is 10.2. The standard InChI is InChI=1S/C21H23BrO5/c1-13(2)12-25-19-10-7-16(11-18(19)22)21(24)27-17-8-5-15(6-9-17)20(23)26-14(3)4/h5-11,13-14H,12H2,1-4H3. The molecule has 2 rings (SSSR count). The van der Waals surface area contributed by atoms with Crippen molar-refractivity contribution in [3.63, 3.8) is 0 Å². The van der Waals surface area contributed by atoms with Crippen LogP contribution in [0.1, 0.15) is 48.4 Å². The van der Waals surface area contributed by atoms with Crippen LogP contribution >= 0.6 is 15.9 Å². The van der Waals surface area contributed by atoms with E-state index >= 15 is 0 Å². The van der Waals surface area contributed by atoms with Gasteiger partial charge in [0.15, 0.2) is 0 Å². The number of carbonyl (C=O) groups is 2. The molecule has 6 heteroatoms. The zero-order valence-electron chi connectivity index (χ0n) is 15.8. The van der Waals surface area contributed by atoms with Crippen LogP contribution in [0.2, 0.25) is 0 Å². The highest BCUT2D eigenvalue weighted by Crippen LogP contribution is 2.27. The molecule has 0 saturated heterocycles. The summed E-state index contributed by atoms with van der Waals surface area (Å²) >= 11 is 3.41. The van der Waals surface area contributed by atoms with Gasteiger partial charge < -0.3 is 14.2 Å². The monoisotopic (exact) mass is 434 g/mol. The number of benzene rings is 2. The molecule has 0 radical (unpaired) electrons. The highest BCUT2D eigenvalue weighted by Gasteiger charge is 2.13. The number of rotatable bonds is 7. The fourth-order valence-corrected chi connectivity index (χ4v) is 2.60. The van der Waals surface area contributed by atoms with E-state index in [4.69, 9.17) is 14.2 Å². The molecule has 144 valence electrons. The normalized spacial score (nSPS) is 10.8. The minimum atomic E-state index is -0.497. The van der Waals surface area contributed by atoms with Crippen LogP contribution in [0.4, 0.5) is 0 Å². The van der Waals surface area contributed by atoms with Crippen molar-refractivity contribution in [2.75, 3.05) is 6.61 Å². The molecular weight excluding hydrogens is 412 g/mol. The van der Waals surface area contributed by atoms with Crippen LogP contribution in [0.5, 0.6) is 11.5 Å². The molecule has 2 aromatic carbocycles. The van der Waals surface area contributed by atoms with E-state index in [1.165, 1.54) is 0 Å². The predicted octanol–water partition coefficient (Wildman–Crippen LogP) is 5.27. The van der Waals surface area contributed by atoms with Crippen LogP contribution in [0, 0.1) is 5.92 Å². The van der Waals surface area contributed by atoms with Gasteiger partial charge in [0.1, 0.15) is 11.5 Å². The smallest absolute Gasteiger partial charge is 0.343 e. The molecule has 0 N–H and O–H groups in total. The van der Waals surface area contributed by atoms with Gasteiger partial charge in [-0.15, -0.1) is 0 Å². The molecule has 27 heavy (non-hydrogen) atoms. The van der Waals surface area contributed by atoms with E-state index in [0.717, 1.165) is 0 Å². The molecule has 0 spiro atoms. The number of ether oxygens (including phenoxy) is 3. The van der Waals surface area contributed by atoms with E-state index in [-0.39, 0.29) is 6.10 Å². The topological polar surface area (TPSA) is 61.8 Å². The van der Waals surface area contributed by atoms with Crippen molar-refractivity contribution in [2.24, 2.45) is 5.92 Å². The van der Waals surface area contributed by atoms with Crippen LogP contribution in [0.25, 0.3) is 0 Å². The number of hydrogen-bond acceptors (Lipinski definition) is 5. The number of hydrogen-bond donors (Lipinski definition) is 0. The molecule has 0 amide bonds.